The van der Waals surface area contributed by atoms with Crippen molar-refractivity contribution in [2.45, 2.75) is 31.4 Å². The maximum atomic E-state index is 13.2. The second kappa shape index (κ2) is 10.9. The number of aliphatic hydroxyl groups excluding tert-OH is 1. The third-order valence-corrected chi connectivity index (χ3v) is 4.50. The van der Waals surface area contributed by atoms with Crippen LogP contribution in [-0.4, -0.2) is 54.8 Å². The minimum absolute atomic E-state index is 0. The van der Waals surface area contributed by atoms with Gasteiger partial charge in [0.05, 0.1) is 19.8 Å². The summed E-state index contributed by atoms with van der Waals surface area (Å²) in [7, 11) is 1.39. The Morgan fingerprint density at radius 3 is 2.60 bits per heavy atom. The lowest BCUT2D eigenvalue weighted by Crippen LogP contribution is -2.53. The Kier molecular flexibility index (Phi) is 10.5. The number of ether oxygens (including phenoxy) is 1. The predicted octanol–water partition coefficient (Wildman–Crippen LogP) is 2.32. The quantitative estimate of drug-likeness (QED) is 0.722. The molecule has 1 aromatic rings. The summed E-state index contributed by atoms with van der Waals surface area (Å²) in [5, 5.41) is 13.6. The van der Waals surface area contributed by atoms with Gasteiger partial charge in [0, 0.05) is 25.2 Å². The summed E-state index contributed by atoms with van der Waals surface area (Å²) < 4.78 is 17.9. The van der Waals surface area contributed by atoms with Crippen molar-refractivity contribution in [2.24, 2.45) is 0 Å². The molecule has 1 fully saturated rings. The number of hydrogen-bond donors (Lipinski definition) is 2. The molecule has 5 nitrogen and oxygen atoms in total. The molecule has 2 N–H and O–H groups in total. The summed E-state index contributed by atoms with van der Waals surface area (Å²) in [6.07, 6.45) is 1.01. The molecule has 144 valence electrons. The Labute approximate surface area is 160 Å². The van der Waals surface area contributed by atoms with E-state index in [2.05, 4.69) is 21.9 Å². The van der Waals surface area contributed by atoms with Gasteiger partial charge in [0.15, 0.2) is 0 Å². The number of halogens is 3. The molecule has 0 amide bonds. The van der Waals surface area contributed by atoms with E-state index in [0.29, 0.717) is 18.7 Å². The van der Waals surface area contributed by atoms with Gasteiger partial charge in [0.1, 0.15) is 5.82 Å². The summed E-state index contributed by atoms with van der Waals surface area (Å²) in [6, 6.07) is 6.03. The first-order valence-electron chi connectivity index (χ1n) is 7.89. The van der Waals surface area contributed by atoms with Gasteiger partial charge in [-0.2, -0.15) is 0 Å². The fourth-order valence-corrected chi connectivity index (χ4v) is 2.80. The van der Waals surface area contributed by atoms with Crippen molar-refractivity contribution >= 4 is 30.8 Å². The topological polar surface area (TPSA) is 61.8 Å². The lowest BCUT2D eigenvalue weighted by molar-refractivity contribution is -0.142. The third-order valence-electron chi connectivity index (χ3n) is 4.50. The van der Waals surface area contributed by atoms with Gasteiger partial charge in [-0.1, -0.05) is 12.1 Å². The normalized spacial score (nSPS) is 17.8. The molecule has 0 aromatic heterocycles. The van der Waals surface area contributed by atoms with Crippen LogP contribution < -0.4 is 5.32 Å². The Balaban J connectivity index is 0.00000288. The number of piperidine rings is 1. The van der Waals surface area contributed by atoms with Crippen LogP contribution in [0.4, 0.5) is 4.39 Å². The number of rotatable bonds is 6. The first-order chi connectivity index (χ1) is 10.9. The molecule has 1 aliphatic heterocycles. The zero-order valence-corrected chi connectivity index (χ0v) is 16.2. The Bertz CT molecular complexity index is 540. The smallest absolute Gasteiger partial charge is 0.319 e. The van der Waals surface area contributed by atoms with Crippen LogP contribution in [0.5, 0.6) is 0 Å². The molecule has 25 heavy (non-hydrogen) atoms. The van der Waals surface area contributed by atoms with Crippen molar-refractivity contribution in [1.82, 2.24) is 10.2 Å². The number of benzene rings is 1. The van der Waals surface area contributed by atoms with E-state index in [-0.39, 0.29) is 42.1 Å². The van der Waals surface area contributed by atoms with Gasteiger partial charge in [0.2, 0.25) is 0 Å². The molecular formula is C17H27Cl2FN2O3. The molecule has 0 radical (unpaired) electrons. The van der Waals surface area contributed by atoms with E-state index in [0.717, 1.165) is 25.9 Å². The average Bonchev–Trinajstić information content (AvgIpc) is 2.55. The summed E-state index contributed by atoms with van der Waals surface area (Å²) in [6.45, 7) is 4.40. The van der Waals surface area contributed by atoms with E-state index in [1.165, 1.54) is 19.2 Å². The number of esters is 1. The molecule has 2 rings (SSSR count). The first-order valence-corrected chi connectivity index (χ1v) is 7.89. The van der Waals surface area contributed by atoms with Gasteiger partial charge in [-0.05, 0) is 37.5 Å². The average molecular weight is 397 g/mol. The summed E-state index contributed by atoms with van der Waals surface area (Å²) in [5.41, 5.74) is 0.477. The van der Waals surface area contributed by atoms with Gasteiger partial charge < -0.3 is 15.2 Å². The molecule has 1 atom stereocenters. The first kappa shape index (κ1) is 24.1. The molecule has 0 aliphatic carbocycles. The largest absolute Gasteiger partial charge is 0.468 e. The number of likely N-dealkylation sites (tertiary alicyclic amines) is 1. The standard InChI is InChI=1S/C17H25FN2O3.2ClH/c1-17(6-8-20(9-7-17)12-16(22)23-2)19-11-15(21)13-4-3-5-14(18)10-13;;/h3-5,10,15,19,21H,6-9,11-12H2,1-2H3;2*1H/t15-;;/m0../s1. The SMILES string of the molecule is COC(=O)CN1CCC(C)(NC[C@H](O)c2cccc(F)c2)CC1.Cl.Cl. The van der Waals surface area contributed by atoms with E-state index >= 15 is 0 Å². The van der Waals surface area contributed by atoms with Crippen LogP contribution in [0.3, 0.4) is 0 Å². The Morgan fingerprint density at radius 2 is 2.04 bits per heavy atom. The summed E-state index contributed by atoms with van der Waals surface area (Å²) in [5.74, 6) is -0.563. The molecular weight excluding hydrogens is 370 g/mol. The van der Waals surface area contributed by atoms with Crippen LogP contribution in [-0.2, 0) is 9.53 Å². The molecule has 0 bridgehead atoms. The van der Waals surface area contributed by atoms with E-state index in [1.54, 1.807) is 12.1 Å². The second-order valence-electron chi connectivity index (χ2n) is 6.36. The molecule has 1 heterocycles. The maximum absolute atomic E-state index is 13.2. The van der Waals surface area contributed by atoms with E-state index < -0.39 is 6.10 Å². The zero-order chi connectivity index (χ0) is 16.9. The van der Waals surface area contributed by atoms with Crippen LogP contribution in [0.15, 0.2) is 24.3 Å². The molecule has 0 spiro atoms. The molecule has 1 saturated heterocycles. The zero-order valence-electron chi connectivity index (χ0n) is 14.5. The van der Waals surface area contributed by atoms with E-state index in [9.17, 15) is 14.3 Å². The number of methoxy groups -OCH3 is 1. The number of hydrogen-bond acceptors (Lipinski definition) is 5. The minimum Gasteiger partial charge on any atom is -0.468 e. The maximum Gasteiger partial charge on any atom is 0.319 e. The summed E-state index contributed by atoms with van der Waals surface area (Å²) in [4.78, 5) is 13.4. The van der Waals surface area contributed by atoms with Gasteiger partial charge in [-0.25, -0.2) is 4.39 Å². The number of β-amino-alcohol motifs (C(OH)–C–C–N with tert-alkyl or cyclic N) is 1. The van der Waals surface area contributed by atoms with E-state index in [1.807, 2.05) is 0 Å². The molecule has 8 heteroatoms. The number of nitrogens with zero attached hydrogens (tertiary/aromatic N) is 1. The van der Waals surface area contributed by atoms with Crippen LogP contribution in [0.2, 0.25) is 0 Å². The molecule has 1 aromatic carbocycles. The van der Waals surface area contributed by atoms with Crippen molar-refractivity contribution in [1.29, 1.82) is 0 Å². The van der Waals surface area contributed by atoms with Crippen LogP contribution in [0.25, 0.3) is 0 Å². The van der Waals surface area contributed by atoms with Gasteiger partial charge in [0.25, 0.3) is 0 Å². The van der Waals surface area contributed by atoms with Gasteiger partial charge >= 0.3 is 5.97 Å². The molecule has 0 saturated carbocycles. The van der Waals surface area contributed by atoms with E-state index in [4.69, 9.17) is 0 Å². The van der Waals surface area contributed by atoms with Crippen LogP contribution in [0, 0.1) is 5.82 Å². The monoisotopic (exact) mass is 396 g/mol. The van der Waals surface area contributed by atoms with Crippen molar-refractivity contribution in [3.63, 3.8) is 0 Å². The fourth-order valence-electron chi connectivity index (χ4n) is 2.80. The van der Waals surface area contributed by atoms with Crippen molar-refractivity contribution in [3.8, 4) is 0 Å². The Morgan fingerprint density at radius 1 is 1.40 bits per heavy atom. The highest BCUT2D eigenvalue weighted by atomic mass is 35.5. The molecule has 0 unspecified atom stereocenters. The number of aliphatic hydroxyl groups is 1. The highest BCUT2D eigenvalue weighted by Crippen LogP contribution is 2.23. The third kappa shape index (κ3) is 7.46. The minimum atomic E-state index is -0.740. The lowest BCUT2D eigenvalue weighted by Gasteiger charge is -2.40. The number of nitrogens with one attached hydrogen (secondary N) is 1. The highest BCUT2D eigenvalue weighted by Gasteiger charge is 2.30. The number of carbonyl (C=O) groups excluding carboxylic acids is 1. The predicted molar refractivity (Wildman–Crippen MR) is 100.0 cm³/mol. The lowest BCUT2D eigenvalue weighted by atomic mass is 9.89. The fraction of sp³-hybridized carbons (Fsp3) is 0.588. The van der Waals surface area contributed by atoms with Crippen LogP contribution in [0.1, 0.15) is 31.4 Å². The number of carbonyl (C=O) groups is 1. The highest BCUT2D eigenvalue weighted by molar-refractivity contribution is 5.85. The molecule has 1 aliphatic rings. The van der Waals surface area contributed by atoms with Gasteiger partial charge in [-0.3, -0.25) is 9.69 Å². The van der Waals surface area contributed by atoms with Crippen LogP contribution >= 0.6 is 24.8 Å². The van der Waals surface area contributed by atoms with Crippen molar-refractivity contribution in [2.75, 3.05) is 33.3 Å². The second-order valence-corrected chi connectivity index (χ2v) is 6.36. The van der Waals surface area contributed by atoms with Crippen molar-refractivity contribution < 1.29 is 19.0 Å². The Hall–Kier alpha value is -0.920. The summed E-state index contributed by atoms with van der Waals surface area (Å²) >= 11 is 0. The van der Waals surface area contributed by atoms with Gasteiger partial charge in [-0.15, -0.1) is 24.8 Å². The van der Waals surface area contributed by atoms with Crippen molar-refractivity contribution in [3.05, 3.63) is 35.6 Å².